The van der Waals surface area contributed by atoms with Crippen molar-refractivity contribution in [2.45, 2.75) is 31.3 Å². The molecule has 29 heavy (non-hydrogen) atoms. The van der Waals surface area contributed by atoms with E-state index in [9.17, 15) is 9.59 Å². The lowest BCUT2D eigenvalue weighted by Gasteiger charge is -2.40. The molecule has 1 aromatic carbocycles. The molecule has 8 nitrogen and oxygen atoms in total. The number of rotatable bonds is 3. The van der Waals surface area contributed by atoms with E-state index in [4.69, 9.17) is 0 Å². The molecule has 1 atom stereocenters. The molecule has 1 N–H and O–H groups in total. The molecule has 5 rings (SSSR count). The van der Waals surface area contributed by atoms with E-state index in [-0.39, 0.29) is 11.9 Å². The molecule has 4 heterocycles. The normalized spacial score (nSPS) is 20.4. The van der Waals surface area contributed by atoms with Crippen molar-refractivity contribution in [3.05, 3.63) is 48.0 Å². The van der Waals surface area contributed by atoms with Crippen molar-refractivity contribution in [1.29, 1.82) is 0 Å². The lowest BCUT2D eigenvalue weighted by atomic mass is 9.86. The third-order valence-corrected chi connectivity index (χ3v) is 6.81. The number of carbonyl (C=O) groups is 2. The molecular weight excluding hydrogens is 388 g/mol. The lowest BCUT2D eigenvalue weighted by molar-refractivity contribution is -0.124. The second-order valence-corrected chi connectivity index (χ2v) is 8.43. The van der Waals surface area contributed by atoms with Crippen molar-refractivity contribution in [1.82, 2.24) is 25.2 Å². The summed E-state index contributed by atoms with van der Waals surface area (Å²) in [5, 5.41) is 2.93. The van der Waals surface area contributed by atoms with Crippen LogP contribution < -0.4 is 10.2 Å². The molecule has 2 aliphatic rings. The van der Waals surface area contributed by atoms with E-state index in [1.54, 1.807) is 11.3 Å². The fourth-order valence-electron chi connectivity index (χ4n) is 4.24. The van der Waals surface area contributed by atoms with E-state index in [2.05, 4.69) is 50.3 Å². The number of urea groups is 1. The number of likely N-dealkylation sites (tertiary alicyclic amines) is 1. The van der Waals surface area contributed by atoms with Gasteiger partial charge in [-0.2, -0.15) is 0 Å². The van der Waals surface area contributed by atoms with Crippen LogP contribution >= 0.6 is 11.3 Å². The summed E-state index contributed by atoms with van der Waals surface area (Å²) >= 11 is 1.64. The Bertz CT molecular complexity index is 1080. The zero-order chi connectivity index (χ0) is 20.0. The van der Waals surface area contributed by atoms with Crippen LogP contribution in [-0.4, -0.2) is 50.4 Å². The van der Waals surface area contributed by atoms with Gasteiger partial charge in [0.15, 0.2) is 0 Å². The van der Waals surface area contributed by atoms with Crippen LogP contribution in [0.15, 0.2) is 42.4 Å². The first-order valence-corrected chi connectivity index (χ1v) is 10.4. The fourth-order valence-corrected chi connectivity index (χ4v) is 4.90. The highest BCUT2D eigenvalue weighted by atomic mass is 32.1. The zero-order valence-corrected chi connectivity index (χ0v) is 16.7. The van der Waals surface area contributed by atoms with Crippen LogP contribution in [0.1, 0.15) is 31.4 Å². The van der Waals surface area contributed by atoms with Crippen LogP contribution in [-0.2, 0) is 4.79 Å². The molecule has 148 valence electrons. The molecule has 0 radical (unpaired) electrons. The number of carbonyl (C=O) groups excluding carboxylic acids is 2. The van der Waals surface area contributed by atoms with Gasteiger partial charge in [-0.1, -0.05) is 6.07 Å². The van der Waals surface area contributed by atoms with Crippen molar-refractivity contribution in [3.63, 3.8) is 0 Å². The summed E-state index contributed by atoms with van der Waals surface area (Å²) in [4.78, 5) is 41.4. The van der Waals surface area contributed by atoms with E-state index >= 15 is 0 Å². The molecule has 0 saturated carbocycles. The van der Waals surface area contributed by atoms with Gasteiger partial charge in [0.25, 0.3) is 5.91 Å². The number of benzene rings is 1. The van der Waals surface area contributed by atoms with Crippen LogP contribution in [0, 0.1) is 0 Å². The first kappa shape index (κ1) is 18.1. The van der Waals surface area contributed by atoms with Gasteiger partial charge in [0.1, 0.15) is 11.9 Å². The highest BCUT2D eigenvalue weighted by Crippen LogP contribution is 2.35. The maximum atomic E-state index is 13.1. The highest BCUT2D eigenvalue weighted by molar-refractivity contribution is 7.16. The topological polar surface area (TPSA) is 91.3 Å². The molecule has 3 amide bonds. The minimum Gasteiger partial charge on any atom is -0.323 e. The van der Waals surface area contributed by atoms with Crippen LogP contribution in [0.25, 0.3) is 10.2 Å². The predicted molar refractivity (Wildman–Crippen MR) is 110 cm³/mol. The van der Waals surface area contributed by atoms with Gasteiger partial charge in [-0.15, -0.1) is 11.3 Å². The van der Waals surface area contributed by atoms with E-state index in [0.717, 1.165) is 23.5 Å². The number of aromatic nitrogens is 3. The van der Waals surface area contributed by atoms with Crippen LogP contribution in [0.5, 0.6) is 0 Å². The first-order chi connectivity index (χ1) is 14.1. The van der Waals surface area contributed by atoms with Crippen molar-refractivity contribution in [2.75, 3.05) is 18.0 Å². The molecule has 3 aromatic rings. The van der Waals surface area contributed by atoms with Crippen LogP contribution in [0.2, 0.25) is 0 Å². The van der Waals surface area contributed by atoms with Gasteiger partial charge in [0.05, 0.1) is 33.8 Å². The van der Waals surface area contributed by atoms with Crippen LogP contribution in [0.4, 0.5) is 10.5 Å². The van der Waals surface area contributed by atoms with E-state index < -0.39 is 11.6 Å². The standard InChI is InChI=1S/C20H20N6O2S/c1-13(14-2-3-17-16(8-14)23-12-29-17)25-6-4-20(5-7-25)18(27)26(19(28)24-20)15-9-21-11-22-10-15/h2-3,8-13H,4-7H2,1H3,(H,24,28)/t13-/m1/s1. The Kier molecular flexibility index (Phi) is 4.29. The molecule has 2 aromatic heterocycles. The van der Waals surface area contributed by atoms with Gasteiger partial charge in [-0.25, -0.2) is 24.6 Å². The summed E-state index contributed by atoms with van der Waals surface area (Å²) in [6, 6.07) is 6.21. The first-order valence-electron chi connectivity index (χ1n) is 9.56. The molecule has 0 bridgehead atoms. The number of piperidine rings is 1. The molecule has 0 unspecified atom stereocenters. The Balaban J connectivity index is 1.32. The van der Waals surface area contributed by atoms with Crippen molar-refractivity contribution in [3.8, 4) is 0 Å². The summed E-state index contributed by atoms with van der Waals surface area (Å²) in [5.41, 5.74) is 3.65. The largest absolute Gasteiger partial charge is 0.329 e. The number of anilines is 1. The quantitative estimate of drug-likeness (QED) is 0.670. The highest BCUT2D eigenvalue weighted by Gasteiger charge is 2.53. The summed E-state index contributed by atoms with van der Waals surface area (Å²) in [6.45, 7) is 3.62. The van der Waals surface area contributed by atoms with E-state index in [0.29, 0.717) is 18.5 Å². The maximum Gasteiger partial charge on any atom is 0.329 e. The molecular formula is C20H20N6O2S. The smallest absolute Gasteiger partial charge is 0.323 e. The Morgan fingerprint density at radius 1 is 1.17 bits per heavy atom. The van der Waals surface area contributed by atoms with E-state index in [1.165, 1.54) is 29.0 Å². The van der Waals surface area contributed by atoms with Crippen molar-refractivity contribution < 1.29 is 9.59 Å². The molecule has 1 spiro atoms. The number of nitrogens with zero attached hydrogens (tertiary/aromatic N) is 5. The molecule has 2 saturated heterocycles. The van der Waals surface area contributed by atoms with Gasteiger partial charge < -0.3 is 5.32 Å². The molecule has 0 aliphatic carbocycles. The number of amides is 3. The zero-order valence-electron chi connectivity index (χ0n) is 15.9. The predicted octanol–water partition coefficient (Wildman–Crippen LogP) is 2.74. The molecule has 2 aliphatic heterocycles. The van der Waals surface area contributed by atoms with Gasteiger partial charge in [0.2, 0.25) is 0 Å². The Hall–Kier alpha value is -2.91. The number of hydrogen-bond acceptors (Lipinski definition) is 7. The Morgan fingerprint density at radius 2 is 1.93 bits per heavy atom. The van der Waals surface area contributed by atoms with Gasteiger partial charge in [-0.3, -0.25) is 9.69 Å². The average Bonchev–Trinajstić information content (AvgIpc) is 3.31. The summed E-state index contributed by atoms with van der Waals surface area (Å²) < 4.78 is 1.18. The second-order valence-electron chi connectivity index (χ2n) is 7.54. The Morgan fingerprint density at radius 3 is 2.69 bits per heavy atom. The minimum atomic E-state index is -0.845. The number of imide groups is 1. The third-order valence-electron chi connectivity index (χ3n) is 6.00. The molecule has 9 heteroatoms. The number of fused-ring (bicyclic) bond motifs is 1. The Labute approximate surface area is 171 Å². The summed E-state index contributed by atoms with van der Waals surface area (Å²) in [6.07, 6.45) is 5.49. The number of hydrogen-bond donors (Lipinski definition) is 1. The summed E-state index contributed by atoms with van der Waals surface area (Å²) in [5.74, 6) is -0.214. The maximum absolute atomic E-state index is 13.1. The summed E-state index contributed by atoms with van der Waals surface area (Å²) in [7, 11) is 0. The van der Waals surface area contributed by atoms with Gasteiger partial charge >= 0.3 is 6.03 Å². The SMILES string of the molecule is C[C@H](c1ccc2scnc2c1)N1CCC2(CC1)NC(=O)N(c1cncnc1)C2=O. The number of thiazole rings is 1. The second kappa shape index (κ2) is 6.85. The van der Waals surface area contributed by atoms with Gasteiger partial charge in [0, 0.05) is 19.1 Å². The lowest BCUT2D eigenvalue weighted by Crippen LogP contribution is -2.55. The fraction of sp³-hybridized carbons (Fsp3) is 0.350. The molecule has 2 fully saturated rings. The third kappa shape index (κ3) is 2.97. The average molecular weight is 408 g/mol. The van der Waals surface area contributed by atoms with E-state index in [1.807, 2.05) is 5.51 Å². The van der Waals surface area contributed by atoms with Crippen LogP contribution in [0.3, 0.4) is 0 Å². The number of nitrogens with one attached hydrogen (secondary N) is 1. The van der Waals surface area contributed by atoms with Gasteiger partial charge in [-0.05, 0) is 37.5 Å². The van der Waals surface area contributed by atoms with Crippen molar-refractivity contribution in [2.24, 2.45) is 0 Å². The minimum absolute atomic E-state index is 0.212. The van der Waals surface area contributed by atoms with Crippen molar-refractivity contribution >= 4 is 39.2 Å². The monoisotopic (exact) mass is 408 g/mol.